The molecule has 1 atom stereocenters. The van der Waals surface area contributed by atoms with E-state index in [1.807, 2.05) is 10.0 Å². The van der Waals surface area contributed by atoms with E-state index < -0.39 is 28.2 Å². The van der Waals surface area contributed by atoms with Crippen LogP contribution >= 0.6 is 32.1 Å². The minimum atomic E-state index is -4.29. The summed E-state index contributed by atoms with van der Waals surface area (Å²) in [5.41, 5.74) is 0.565. The van der Waals surface area contributed by atoms with E-state index in [-0.39, 0.29) is 6.42 Å². The van der Waals surface area contributed by atoms with Crippen molar-refractivity contribution in [3.8, 4) is 0 Å². The molecule has 0 aliphatic heterocycles. The van der Waals surface area contributed by atoms with Gasteiger partial charge < -0.3 is 0 Å². The summed E-state index contributed by atoms with van der Waals surface area (Å²) >= 11 is -0.726. The van der Waals surface area contributed by atoms with Gasteiger partial charge >= 0.3 is 157 Å². The van der Waals surface area contributed by atoms with Crippen molar-refractivity contribution in [2.75, 3.05) is 23.0 Å². The molecule has 24 heavy (non-hydrogen) atoms. The molecule has 8 nitrogen and oxygen atoms in total. The number of hydrogen-bond donors (Lipinski definition) is 0. The summed E-state index contributed by atoms with van der Waals surface area (Å²) in [7, 11) is -0.695. The van der Waals surface area contributed by atoms with Crippen molar-refractivity contribution in [2.45, 2.75) is 26.7 Å². The molecule has 0 saturated carbocycles. The van der Waals surface area contributed by atoms with Gasteiger partial charge in [-0.15, -0.1) is 0 Å². The molecule has 0 aliphatic carbocycles. The molecule has 0 aliphatic rings. The monoisotopic (exact) mass is 479 g/mol. The van der Waals surface area contributed by atoms with Crippen LogP contribution in [0.3, 0.4) is 0 Å². The molecule has 13 heteroatoms. The first-order valence-electron chi connectivity index (χ1n) is 6.91. The van der Waals surface area contributed by atoms with Gasteiger partial charge in [0.15, 0.2) is 0 Å². The van der Waals surface area contributed by atoms with Crippen LogP contribution in [0.4, 0.5) is 0 Å². The van der Waals surface area contributed by atoms with Crippen LogP contribution in [0, 0.1) is 6.92 Å². The Morgan fingerprint density at radius 1 is 1.29 bits per heavy atom. The van der Waals surface area contributed by atoms with E-state index in [0.717, 1.165) is 34.3 Å². The third kappa shape index (κ3) is 8.81. The summed E-state index contributed by atoms with van der Waals surface area (Å²) in [4.78, 5) is 0. The average Bonchev–Trinajstić information content (AvgIpc) is 2.88. The summed E-state index contributed by atoms with van der Waals surface area (Å²) in [6.45, 7) is 3.89. The quantitative estimate of drug-likeness (QED) is 0.0981. The van der Waals surface area contributed by atoms with Gasteiger partial charge in [-0.05, 0) is 0 Å². The Morgan fingerprint density at radius 2 is 2.00 bits per heavy atom. The van der Waals surface area contributed by atoms with Gasteiger partial charge in [0.25, 0.3) is 0 Å². The maximum absolute atomic E-state index is 10.9. The second-order valence-electron chi connectivity index (χ2n) is 4.43. The van der Waals surface area contributed by atoms with E-state index >= 15 is 0 Å². The predicted octanol–water partition coefficient (Wildman–Crippen LogP) is 0.514. The minimum absolute atomic E-state index is 0.0683. The van der Waals surface area contributed by atoms with Gasteiger partial charge in [0, 0.05) is 0 Å². The molecule has 140 valence electrons. The first-order chi connectivity index (χ1) is 11.4. The van der Waals surface area contributed by atoms with Crippen molar-refractivity contribution < 1.29 is 32.1 Å². The predicted molar refractivity (Wildman–Crippen MR) is 94.7 cm³/mol. The Balaban J connectivity index is 2.78. The van der Waals surface area contributed by atoms with E-state index in [0.29, 0.717) is 17.2 Å². The van der Waals surface area contributed by atoms with Crippen molar-refractivity contribution in [3.05, 3.63) is 11.5 Å². The SMILES string of the molecule is CCCS[As](SCCSOO[O-])c1c(CCS(=O)(=O)[O-])noc1C. The van der Waals surface area contributed by atoms with E-state index in [9.17, 15) is 18.2 Å². The number of aryl methyl sites for hydroxylation is 2. The third-order valence-corrected chi connectivity index (χ3v) is 17.9. The zero-order chi connectivity index (χ0) is 18.0. The van der Waals surface area contributed by atoms with Crippen molar-refractivity contribution in [2.24, 2.45) is 0 Å². The van der Waals surface area contributed by atoms with Crippen molar-refractivity contribution in [1.82, 2.24) is 5.16 Å². The maximum atomic E-state index is 10.9. The number of rotatable bonds is 13. The van der Waals surface area contributed by atoms with Crippen LogP contribution in [0.2, 0.25) is 0 Å². The first-order valence-corrected chi connectivity index (χ1v) is 16.8. The van der Waals surface area contributed by atoms with Crippen LogP contribution < -0.4 is 9.61 Å². The van der Waals surface area contributed by atoms with Gasteiger partial charge in [-0.25, -0.2) is 0 Å². The summed E-state index contributed by atoms with van der Waals surface area (Å²) in [5.74, 6) is 2.50. The van der Waals surface area contributed by atoms with Gasteiger partial charge in [0.05, 0.1) is 0 Å². The standard InChI is InChI=1S/C11H20AsNO7S4/c1-3-5-21-12(22-6-7-23-20-19-14)11-9(2)18-13-10(11)4-8-24(15,16)17/h14H,3-8H2,1-2H3,(H,15,16,17)/p-2. The van der Waals surface area contributed by atoms with Gasteiger partial charge in [-0.2, -0.15) is 0 Å². The van der Waals surface area contributed by atoms with Crippen molar-refractivity contribution in [3.63, 3.8) is 0 Å². The molecule has 1 heterocycles. The Bertz CT molecular complexity index is 583. The normalized spacial score (nSPS) is 13.3. The molecule has 0 N–H and O–H groups in total. The van der Waals surface area contributed by atoms with E-state index in [1.165, 1.54) is 0 Å². The first kappa shape index (κ1) is 22.6. The number of nitrogens with zero attached hydrogens (tertiary/aromatic N) is 1. The van der Waals surface area contributed by atoms with E-state index in [2.05, 4.69) is 21.5 Å². The van der Waals surface area contributed by atoms with Gasteiger partial charge in [-0.3, -0.25) is 0 Å². The van der Waals surface area contributed by atoms with Gasteiger partial charge in [0.2, 0.25) is 0 Å². The number of aromatic nitrogens is 1. The topological polar surface area (TPSA) is 125 Å². The van der Waals surface area contributed by atoms with Crippen LogP contribution in [-0.4, -0.2) is 53.5 Å². The Morgan fingerprint density at radius 3 is 2.62 bits per heavy atom. The summed E-state index contributed by atoms with van der Waals surface area (Å²) in [5, 5.41) is 17.0. The molecule has 0 amide bonds. The molecule has 0 saturated heterocycles. The fourth-order valence-corrected chi connectivity index (χ4v) is 17.6. The summed E-state index contributed by atoms with van der Waals surface area (Å²) in [6, 6.07) is 0. The van der Waals surface area contributed by atoms with Gasteiger partial charge in [0.1, 0.15) is 0 Å². The Kier molecular flexibility index (Phi) is 11.4. The van der Waals surface area contributed by atoms with Crippen LogP contribution in [0.5, 0.6) is 0 Å². The molecule has 0 aromatic carbocycles. The molecule has 0 fully saturated rings. The summed E-state index contributed by atoms with van der Waals surface area (Å²) < 4.78 is 43.1. The molecule has 1 aromatic rings. The molecule has 0 spiro atoms. The molecular formula is C11H18AsNO7S4-2. The van der Waals surface area contributed by atoms with Crippen LogP contribution in [0.25, 0.3) is 0 Å². The van der Waals surface area contributed by atoms with Crippen molar-refractivity contribution >= 4 is 58.9 Å². The number of hydrogen-bond acceptors (Lipinski definition) is 11. The zero-order valence-corrected chi connectivity index (χ0v) is 18.3. The molecule has 1 aromatic heterocycles. The second kappa shape index (κ2) is 12.1. The Hall–Kier alpha value is 0.608. The van der Waals surface area contributed by atoms with E-state index in [4.69, 9.17) is 4.52 Å². The van der Waals surface area contributed by atoms with Crippen LogP contribution in [0.1, 0.15) is 24.8 Å². The molecule has 0 bridgehead atoms. The van der Waals surface area contributed by atoms with Crippen LogP contribution in [-0.2, 0) is 25.9 Å². The average molecular weight is 479 g/mol. The zero-order valence-electron chi connectivity index (χ0n) is 13.1. The molecular weight excluding hydrogens is 461 g/mol. The Labute approximate surface area is 156 Å². The van der Waals surface area contributed by atoms with Gasteiger partial charge in [-0.1, -0.05) is 0 Å². The third-order valence-electron chi connectivity index (χ3n) is 2.53. The summed E-state index contributed by atoms with van der Waals surface area (Å²) in [6.07, 6.45) is 1.09. The fraction of sp³-hybridized carbons (Fsp3) is 0.727. The van der Waals surface area contributed by atoms with Crippen LogP contribution in [0.15, 0.2) is 4.52 Å². The van der Waals surface area contributed by atoms with Crippen molar-refractivity contribution in [1.29, 1.82) is 0 Å². The molecule has 1 unspecified atom stereocenters. The second-order valence-corrected chi connectivity index (χ2v) is 18.3. The fourth-order valence-electron chi connectivity index (χ4n) is 1.58. The van der Waals surface area contributed by atoms with E-state index in [1.54, 1.807) is 16.9 Å². The molecule has 1 rings (SSSR count). The molecule has 0 radical (unpaired) electrons.